The second kappa shape index (κ2) is 2.62. The van der Waals surface area contributed by atoms with Gasteiger partial charge < -0.3 is 10.1 Å². The van der Waals surface area contributed by atoms with Crippen LogP contribution in [-0.4, -0.2) is 32.5 Å². The van der Waals surface area contributed by atoms with Gasteiger partial charge in [-0.3, -0.25) is 0 Å². The van der Waals surface area contributed by atoms with Gasteiger partial charge in [0.15, 0.2) is 0 Å². The van der Waals surface area contributed by atoms with Crippen LogP contribution >= 0.6 is 0 Å². The number of hydrogen-bond donors (Lipinski definition) is 1. The molecule has 1 saturated heterocycles. The van der Waals surface area contributed by atoms with Crippen LogP contribution in [-0.2, 0) is 4.74 Å². The molecule has 2 nitrogen and oxygen atoms in total. The highest BCUT2D eigenvalue weighted by Crippen LogP contribution is 2.19. The third-order valence-corrected chi connectivity index (χ3v) is 1.59. The van der Waals surface area contributed by atoms with E-state index in [1.165, 1.54) is 7.11 Å². The van der Waals surface area contributed by atoms with E-state index in [4.69, 9.17) is 4.74 Å². The number of ether oxygens (including phenoxy) is 1. The number of halogens is 1. The number of hydrogen-bond acceptors (Lipinski definition) is 2. The molecule has 0 spiro atoms. The predicted octanol–water partition coefficient (Wildman–Crippen LogP) is 0.334. The van der Waals surface area contributed by atoms with Crippen molar-refractivity contribution < 1.29 is 9.13 Å². The largest absolute Gasteiger partial charge is 0.381 e. The molecule has 1 aliphatic heterocycles. The second-order valence-electron chi connectivity index (χ2n) is 2.51. The smallest absolute Gasteiger partial charge is 0.147 e. The van der Waals surface area contributed by atoms with Crippen LogP contribution < -0.4 is 5.32 Å². The summed E-state index contributed by atoms with van der Waals surface area (Å²) in [7, 11) is 1.53. The highest BCUT2D eigenvalue weighted by molar-refractivity contribution is 4.87. The molecular formula is C6H12FNO. The van der Waals surface area contributed by atoms with Gasteiger partial charge in [0.25, 0.3) is 0 Å². The molecule has 1 atom stereocenters. The molecule has 54 valence electrons. The zero-order chi connectivity index (χ0) is 6.74. The molecule has 1 N–H and O–H groups in total. The Bertz CT molecular complexity index is 91.1. The molecule has 3 heteroatoms. The minimum Gasteiger partial charge on any atom is -0.381 e. The zero-order valence-corrected chi connectivity index (χ0v) is 5.61. The van der Waals surface area contributed by atoms with Crippen molar-refractivity contribution in [1.29, 1.82) is 0 Å². The summed E-state index contributed by atoms with van der Waals surface area (Å²) in [6.07, 6.45) is 0.584. The van der Waals surface area contributed by atoms with Gasteiger partial charge in [0.05, 0.1) is 6.61 Å². The summed E-state index contributed by atoms with van der Waals surface area (Å²) >= 11 is 0. The topological polar surface area (TPSA) is 21.3 Å². The van der Waals surface area contributed by atoms with Gasteiger partial charge in [-0.05, 0) is 13.0 Å². The van der Waals surface area contributed by atoms with E-state index in [9.17, 15) is 4.39 Å². The Balaban J connectivity index is 2.32. The van der Waals surface area contributed by atoms with Gasteiger partial charge in [-0.1, -0.05) is 0 Å². The summed E-state index contributed by atoms with van der Waals surface area (Å²) in [6.45, 7) is 1.45. The van der Waals surface area contributed by atoms with Crippen LogP contribution in [0.3, 0.4) is 0 Å². The van der Waals surface area contributed by atoms with E-state index in [2.05, 4.69) is 5.32 Å². The van der Waals surface area contributed by atoms with E-state index >= 15 is 0 Å². The maximum atomic E-state index is 13.1. The third kappa shape index (κ3) is 1.63. The van der Waals surface area contributed by atoms with Gasteiger partial charge >= 0.3 is 0 Å². The molecule has 0 amide bonds. The van der Waals surface area contributed by atoms with Crippen LogP contribution in [0.15, 0.2) is 0 Å². The SMILES string of the molecule is COC[C@]1(F)CCNC1. The maximum absolute atomic E-state index is 13.1. The summed E-state index contributed by atoms with van der Waals surface area (Å²) < 4.78 is 17.8. The summed E-state index contributed by atoms with van der Waals surface area (Å²) in [5.41, 5.74) is -1.09. The van der Waals surface area contributed by atoms with E-state index in [1.807, 2.05) is 0 Å². The Morgan fingerprint density at radius 2 is 2.56 bits per heavy atom. The van der Waals surface area contributed by atoms with Crippen molar-refractivity contribution in [3.05, 3.63) is 0 Å². The van der Waals surface area contributed by atoms with Crippen LogP contribution in [0.4, 0.5) is 4.39 Å². The molecular weight excluding hydrogens is 121 g/mol. The quantitative estimate of drug-likeness (QED) is 0.586. The van der Waals surface area contributed by atoms with Crippen molar-refractivity contribution in [2.45, 2.75) is 12.1 Å². The van der Waals surface area contributed by atoms with E-state index in [0.717, 1.165) is 6.54 Å². The highest BCUT2D eigenvalue weighted by Gasteiger charge is 2.33. The lowest BCUT2D eigenvalue weighted by Gasteiger charge is -2.15. The Kier molecular flexibility index (Phi) is 2.03. The molecule has 9 heavy (non-hydrogen) atoms. The van der Waals surface area contributed by atoms with Crippen LogP contribution in [0.5, 0.6) is 0 Å². The summed E-state index contributed by atoms with van der Waals surface area (Å²) in [6, 6.07) is 0. The van der Waals surface area contributed by atoms with Crippen molar-refractivity contribution in [3.8, 4) is 0 Å². The Morgan fingerprint density at radius 1 is 1.78 bits per heavy atom. The molecule has 1 fully saturated rings. The second-order valence-corrected chi connectivity index (χ2v) is 2.51. The lowest BCUT2D eigenvalue weighted by Crippen LogP contribution is -2.31. The number of alkyl halides is 1. The van der Waals surface area contributed by atoms with E-state index in [-0.39, 0.29) is 6.61 Å². The van der Waals surface area contributed by atoms with Crippen LogP contribution in [0.1, 0.15) is 6.42 Å². The normalized spacial score (nSPS) is 35.3. The fourth-order valence-electron chi connectivity index (χ4n) is 1.10. The zero-order valence-electron chi connectivity index (χ0n) is 5.61. The third-order valence-electron chi connectivity index (χ3n) is 1.59. The van der Waals surface area contributed by atoms with Gasteiger partial charge in [-0.2, -0.15) is 0 Å². The highest BCUT2D eigenvalue weighted by atomic mass is 19.1. The molecule has 1 aliphatic rings. The van der Waals surface area contributed by atoms with Gasteiger partial charge in [0, 0.05) is 13.7 Å². The van der Waals surface area contributed by atoms with Crippen LogP contribution in [0, 0.1) is 0 Å². The molecule has 0 radical (unpaired) electrons. The Morgan fingerprint density at radius 3 is 3.00 bits per heavy atom. The van der Waals surface area contributed by atoms with Gasteiger partial charge in [-0.15, -0.1) is 0 Å². The number of nitrogens with one attached hydrogen (secondary N) is 1. The maximum Gasteiger partial charge on any atom is 0.147 e. The van der Waals surface area contributed by atoms with Crippen LogP contribution in [0.2, 0.25) is 0 Å². The molecule has 0 saturated carbocycles. The monoisotopic (exact) mass is 133 g/mol. The first-order valence-corrected chi connectivity index (χ1v) is 3.15. The lowest BCUT2D eigenvalue weighted by atomic mass is 10.1. The van der Waals surface area contributed by atoms with Crippen molar-refractivity contribution in [2.75, 3.05) is 26.8 Å². The fourth-order valence-corrected chi connectivity index (χ4v) is 1.10. The first kappa shape index (κ1) is 6.96. The molecule has 0 unspecified atom stereocenters. The van der Waals surface area contributed by atoms with Crippen molar-refractivity contribution >= 4 is 0 Å². The standard InChI is InChI=1S/C6H12FNO/c1-9-5-6(7)2-3-8-4-6/h8H,2-5H2,1H3/t6-/m0/s1. The molecule has 1 rings (SSSR count). The van der Waals surface area contributed by atoms with Gasteiger partial charge in [0.2, 0.25) is 0 Å². The van der Waals surface area contributed by atoms with E-state index in [0.29, 0.717) is 13.0 Å². The molecule has 0 aromatic heterocycles. The molecule has 0 aliphatic carbocycles. The van der Waals surface area contributed by atoms with Crippen LogP contribution in [0.25, 0.3) is 0 Å². The number of methoxy groups -OCH3 is 1. The number of rotatable bonds is 2. The average Bonchev–Trinajstić information content (AvgIpc) is 2.16. The minimum absolute atomic E-state index is 0.222. The van der Waals surface area contributed by atoms with Crippen molar-refractivity contribution in [3.63, 3.8) is 0 Å². The first-order valence-electron chi connectivity index (χ1n) is 3.15. The van der Waals surface area contributed by atoms with Crippen molar-refractivity contribution in [1.82, 2.24) is 5.32 Å². The first-order chi connectivity index (χ1) is 4.27. The van der Waals surface area contributed by atoms with Gasteiger partial charge in [-0.25, -0.2) is 4.39 Å². The Labute approximate surface area is 54.4 Å². The minimum atomic E-state index is -1.09. The average molecular weight is 133 g/mol. The summed E-state index contributed by atoms with van der Waals surface area (Å²) in [5.74, 6) is 0. The molecule has 0 aromatic carbocycles. The summed E-state index contributed by atoms with van der Waals surface area (Å²) in [4.78, 5) is 0. The van der Waals surface area contributed by atoms with E-state index in [1.54, 1.807) is 0 Å². The van der Waals surface area contributed by atoms with Gasteiger partial charge in [0.1, 0.15) is 5.67 Å². The summed E-state index contributed by atoms with van der Waals surface area (Å²) in [5, 5.41) is 2.94. The van der Waals surface area contributed by atoms with E-state index < -0.39 is 5.67 Å². The molecule has 0 bridgehead atoms. The molecule has 0 aromatic rings. The van der Waals surface area contributed by atoms with Crippen molar-refractivity contribution in [2.24, 2.45) is 0 Å². The predicted molar refractivity (Wildman–Crippen MR) is 33.2 cm³/mol. The Hall–Kier alpha value is -0.150. The lowest BCUT2D eigenvalue weighted by molar-refractivity contribution is 0.0558. The fraction of sp³-hybridized carbons (Fsp3) is 1.00. The molecule has 1 heterocycles.